The van der Waals surface area contributed by atoms with Crippen molar-refractivity contribution in [2.75, 3.05) is 6.61 Å². The quantitative estimate of drug-likeness (QED) is 0.456. The molecule has 0 saturated carbocycles. The van der Waals surface area contributed by atoms with Crippen molar-refractivity contribution >= 4 is 19.2 Å². The van der Waals surface area contributed by atoms with Crippen LogP contribution in [0.25, 0.3) is 0 Å². The van der Waals surface area contributed by atoms with Crippen LogP contribution in [0.3, 0.4) is 0 Å². The molecule has 0 aliphatic carbocycles. The number of hydrogen-bond donors (Lipinski definition) is 0. The fourth-order valence-electron chi connectivity index (χ4n) is 1.30. The number of benzene rings is 1. The monoisotopic (exact) mass is 249 g/mol. The van der Waals surface area contributed by atoms with Gasteiger partial charge >= 0.3 is 5.97 Å². The second-order valence-electron chi connectivity index (χ2n) is 4.20. The Labute approximate surface area is 103 Å². The first kappa shape index (κ1) is 13.7. The van der Waals surface area contributed by atoms with Gasteiger partial charge in [0.1, 0.15) is 8.07 Å². The average Bonchev–Trinajstić information content (AvgIpc) is 2.36. The van der Waals surface area contributed by atoms with Gasteiger partial charge in [0.15, 0.2) is 0 Å². The van der Waals surface area contributed by atoms with E-state index in [1.165, 1.54) is 5.19 Å². The summed E-state index contributed by atoms with van der Waals surface area (Å²) in [6, 6.07) is 7.36. The summed E-state index contributed by atoms with van der Waals surface area (Å²) in [6.45, 7) is 11.7. The van der Waals surface area contributed by atoms with Gasteiger partial charge in [0.2, 0.25) is 0 Å². The van der Waals surface area contributed by atoms with Crippen LogP contribution in [0.2, 0.25) is 13.1 Å². The molecule has 0 bridgehead atoms. The molecular formula is C13H17O3Si. The molecule has 0 fully saturated rings. The largest absolute Gasteiger partial charge is 0.373 e. The molecule has 4 heteroatoms. The highest BCUT2D eigenvalue weighted by atomic mass is 28.3. The highest BCUT2D eigenvalue weighted by Crippen LogP contribution is 2.07. The predicted octanol–water partition coefficient (Wildman–Crippen LogP) is 2.25. The lowest BCUT2D eigenvalue weighted by Crippen LogP contribution is -2.39. The molecule has 17 heavy (non-hydrogen) atoms. The van der Waals surface area contributed by atoms with Crippen LogP contribution in [0.5, 0.6) is 0 Å². The highest BCUT2D eigenvalue weighted by molar-refractivity contribution is 6.93. The van der Waals surface area contributed by atoms with Crippen LogP contribution in [0.4, 0.5) is 0 Å². The third kappa shape index (κ3) is 3.54. The van der Waals surface area contributed by atoms with Crippen LogP contribution in [-0.4, -0.2) is 20.7 Å². The van der Waals surface area contributed by atoms with Crippen LogP contribution < -0.4 is 5.19 Å². The zero-order chi connectivity index (χ0) is 12.9. The molecule has 0 aliphatic heterocycles. The Morgan fingerprint density at radius 1 is 1.35 bits per heavy atom. The van der Waals surface area contributed by atoms with Crippen molar-refractivity contribution in [3.63, 3.8) is 0 Å². The summed E-state index contributed by atoms with van der Waals surface area (Å²) in [7, 11) is -1.57. The molecule has 91 valence electrons. The standard InChI is InChI=1S/C13H17O3Si/c1-5-15-16-13(14)11-7-9-12(10-8-11)17(3,4)6-2/h6-10H,1-2,5H2,3-4H3. The molecule has 0 N–H and O–H groups in total. The number of rotatable bonds is 5. The van der Waals surface area contributed by atoms with Gasteiger partial charge in [-0.1, -0.05) is 36.1 Å². The van der Waals surface area contributed by atoms with Gasteiger partial charge in [0.25, 0.3) is 0 Å². The highest BCUT2D eigenvalue weighted by Gasteiger charge is 2.19. The maximum absolute atomic E-state index is 11.5. The Morgan fingerprint density at radius 3 is 2.41 bits per heavy atom. The summed E-state index contributed by atoms with van der Waals surface area (Å²) in [5, 5.41) is 1.22. The van der Waals surface area contributed by atoms with E-state index in [0.29, 0.717) is 5.56 Å². The van der Waals surface area contributed by atoms with Crippen molar-refractivity contribution < 1.29 is 14.6 Å². The third-order valence-corrected chi connectivity index (χ3v) is 5.43. The third-order valence-electron chi connectivity index (χ3n) is 2.59. The van der Waals surface area contributed by atoms with Crippen molar-refractivity contribution in [1.82, 2.24) is 0 Å². The second kappa shape index (κ2) is 5.79. The lowest BCUT2D eigenvalue weighted by Gasteiger charge is -2.17. The van der Waals surface area contributed by atoms with E-state index in [4.69, 9.17) is 0 Å². The molecule has 1 aromatic carbocycles. The minimum atomic E-state index is -1.57. The van der Waals surface area contributed by atoms with Gasteiger partial charge in [-0.15, -0.1) is 6.58 Å². The molecule has 1 aromatic rings. The second-order valence-corrected chi connectivity index (χ2v) is 8.62. The zero-order valence-corrected chi connectivity index (χ0v) is 11.2. The van der Waals surface area contributed by atoms with Crippen LogP contribution in [0, 0.1) is 6.92 Å². The topological polar surface area (TPSA) is 35.5 Å². The normalized spacial score (nSPS) is 11.0. The predicted molar refractivity (Wildman–Crippen MR) is 70.5 cm³/mol. The Morgan fingerprint density at radius 2 is 1.94 bits per heavy atom. The molecule has 0 aliphatic rings. The number of hydrogen-bond acceptors (Lipinski definition) is 3. The number of carbonyl (C=O) groups excluding carboxylic acids is 1. The Balaban J connectivity index is 2.81. The zero-order valence-electron chi connectivity index (χ0n) is 10.2. The van der Waals surface area contributed by atoms with E-state index in [1.54, 1.807) is 12.1 Å². The van der Waals surface area contributed by atoms with Crippen LogP contribution in [0.15, 0.2) is 36.5 Å². The van der Waals surface area contributed by atoms with E-state index in [2.05, 4.69) is 36.4 Å². The van der Waals surface area contributed by atoms with Crippen molar-refractivity contribution in [2.45, 2.75) is 13.1 Å². The van der Waals surface area contributed by atoms with E-state index >= 15 is 0 Å². The first-order chi connectivity index (χ1) is 8.01. The fraction of sp³-hybridized carbons (Fsp3) is 0.231. The van der Waals surface area contributed by atoms with Gasteiger partial charge in [-0.3, -0.25) is 4.89 Å². The van der Waals surface area contributed by atoms with Gasteiger partial charge in [-0.05, 0) is 19.1 Å². The molecule has 0 aromatic heterocycles. The van der Waals surface area contributed by atoms with E-state index in [0.717, 1.165) is 0 Å². The molecule has 1 radical (unpaired) electrons. The van der Waals surface area contributed by atoms with Gasteiger partial charge in [-0.2, -0.15) is 4.89 Å². The van der Waals surface area contributed by atoms with E-state index in [-0.39, 0.29) is 6.61 Å². The van der Waals surface area contributed by atoms with Gasteiger partial charge in [0.05, 0.1) is 12.2 Å². The molecule has 3 nitrogen and oxygen atoms in total. The van der Waals surface area contributed by atoms with E-state index in [9.17, 15) is 4.79 Å². The molecule has 0 spiro atoms. The summed E-state index contributed by atoms with van der Waals surface area (Å²) in [4.78, 5) is 20.5. The maximum Gasteiger partial charge on any atom is 0.373 e. The summed E-state index contributed by atoms with van der Waals surface area (Å²) < 4.78 is 0. The van der Waals surface area contributed by atoms with Gasteiger partial charge in [0, 0.05) is 0 Å². The smallest absolute Gasteiger partial charge is 0.293 e. The van der Waals surface area contributed by atoms with Gasteiger partial charge < -0.3 is 0 Å². The summed E-state index contributed by atoms with van der Waals surface area (Å²) in [5.41, 5.74) is 2.47. The number of carbonyl (C=O) groups is 1. The van der Waals surface area contributed by atoms with Crippen molar-refractivity contribution in [2.24, 2.45) is 0 Å². The first-order valence-corrected chi connectivity index (χ1v) is 8.46. The minimum absolute atomic E-state index is 0.0975. The molecular weight excluding hydrogens is 232 g/mol. The first-order valence-electron chi connectivity index (χ1n) is 5.38. The maximum atomic E-state index is 11.5. The molecule has 0 heterocycles. The van der Waals surface area contributed by atoms with Gasteiger partial charge in [-0.25, -0.2) is 4.79 Å². The average molecular weight is 249 g/mol. The Kier molecular flexibility index (Phi) is 4.66. The fourth-order valence-corrected chi connectivity index (χ4v) is 2.56. The lowest BCUT2D eigenvalue weighted by atomic mass is 10.2. The SMILES string of the molecule is [CH2]COOC(=O)c1ccc([Si](C)(C)C=C)cc1. The van der Waals surface area contributed by atoms with Crippen molar-refractivity contribution in [3.8, 4) is 0 Å². The minimum Gasteiger partial charge on any atom is -0.293 e. The lowest BCUT2D eigenvalue weighted by molar-refractivity contribution is -0.232. The Hall–Kier alpha value is -1.39. The molecule has 0 amide bonds. The molecule has 0 atom stereocenters. The summed E-state index contributed by atoms with van der Waals surface area (Å²) >= 11 is 0. The van der Waals surface area contributed by atoms with E-state index < -0.39 is 14.0 Å². The molecule has 1 rings (SSSR count). The molecule has 0 saturated heterocycles. The summed E-state index contributed by atoms with van der Waals surface area (Å²) in [5.74, 6) is -0.502. The Bertz CT molecular complexity index is 396. The van der Waals surface area contributed by atoms with Crippen LogP contribution in [-0.2, 0) is 9.78 Å². The van der Waals surface area contributed by atoms with Crippen LogP contribution >= 0.6 is 0 Å². The van der Waals surface area contributed by atoms with Crippen molar-refractivity contribution in [1.29, 1.82) is 0 Å². The van der Waals surface area contributed by atoms with Crippen molar-refractivity contribution in [3.05, 3.63) is 49.0 Å². The van der Waals surface area contributed by atoms with E-state index in [1.807, 2.05) is 17.8 Å². The molecule has 0 unspecified atom stereocenters. The summed E-state index contributed by atoms with van der Waals surface area (Å²) in [6.07, 6.45) is 0. The van der Waals surface area contributed by atoms with Crippen LogP contribution in [0.1, 0.15) is 10.4 Å².